The van der Waals surface area contributed by atoms with Gasteiger partial charge in [0.2, 0.25) is 0 Å². The van der Waals surface area contributed by atoms with Crippen LogP contribution in [0.3, 0.4) is 0 Å². The fraction of sp³-hybridized carbons (Fsp3) is 0.667. The third-order valence-corrected chi connectivity index (χ3v) is 4.89. The number of nitrogens with zero attached hydrogens (tertiary/aromatic N) is 3. The lowest BCUT2D eigenvalue weighted by molar-refractivity contribution is -0.00351. The highest BCUT2D eigenvalue weighted by molar-refractivity contribution is 5.74. The van der Waals surface area contributed by atoms with Crippen LogP contribution < -0.4 is 10.2 Å². The van der Waals surface area contributed by atoms with Gasteiger partial charge < -0.3 is 19.9 Å². The van der Waals surface area contributed by atoms with Crippen molar-refractivity contribution in [3.63, 3.8) is 0 Å². The number of hydrogen-bond acceptors (Lipinski definition) is 4. The third kappa shape index (κ3) is 4.38. The molecule has 1 unspecified atom stereocenters. The molecule has 0 bridgehead atoms. The van der Waals surface area contributed by atoms with Gasteiger partial charge in [0.15, 0.2) is 0 Å². The van der Waals surface area contributed by atoms with Crippen molar-refractivity contribution in [1.29, 1.82) is 0 Å². The Hall–Kier alpha value is -1.82. The summed E-state index contributed by atoms with van der Waals surface area (Å²) in [5.41, 5.74) is 1.03. The molecule has 132 valence electrons. The van der Waals surface area contributed by atoms with Crippen molar-refractivity contribution < 1.29 is 9.53 Å². The van der Waals surface area contributed by atoms with Crippen molar-refractivity contribution >= 4 is 11.8 Å². The summed E-state index contributed by atoms with van der Waals surface area (Å²) in [7, 11) is 0. The molecule has 2 fully saturated rings. The molecule has 6 nitrogen and oxygen atoms in total. The lowest BCUT2D eigenvalue weighted by Gasteiger charge is -2.31. The quantitative estimate of drug-likeness (QED) is 0.922. The molecule has 3 heterocycles. The van der Waals surface area contributed by atoms with Crippen molar-refractivity contribution in [1.82, 2.24) is 15.2 Å². The van der Waals surface area contributed by atoms with E-state index >= 15 is 0 Å². The van der Waals surface area contributed by atoms with Crippen LogP contribution in [0.15, 0.2) is 18.3 Å². The van der Waals surface area contributed by atoms with Gasteiger partial charge in [-0.05, 0) is 37.3 Å². The number of nitrogens with one attached hydrogen (secondary N) is 1. The number of rotatable bonds is 3. The van der Waals surface area contributed by atoms with Crippen molar-refractivity contribution in [2.45, 2.75) is 39.3 Å². The number of piperidine rings is 1. The largest absolute Gasteiger partial charge is 0.375 e. The number of morpholine rings is 1. The Kier molecular flexibility index (Phi) is 5.56. The van der Waals surface area contributed by atoms with Crippen LogP contribution in [0.4, 0.5) is 10.6 Å². The van der Waals surface area contributed by atoms with E-state index in [4.69, 9.17) is 4.74 Å². The summed E-state index contributed by atoms with van der Waals surface area (Å²) in [6.45, 7) is 8.89. The maximum absolute atomic E-state index is 12.2. The predicted molar refractivity (Wildman–Crippen MR) is 94.1 cm³/mol. The Morgan fingerprint density at radius 1 is 1.29 bits per heavy atom. The first-order chi connectivity index (χ1) is 11.6. The molecule has 2 saturated heterocycles. The number of carbonyl (C=O) groups is 1. The normalized spacial score (nSPS) is 22.5. The van der Waals surface area contributed by atoms with Gasteiger partial charge in [0, 0.05) is 38.9 Å². The van der Waals surface area contributed by atoms with Crippen molar-refractivity contribution in [3.05, 3.63) is 23.9 Å². The van der Waals surface area contributed by atoms with Crippen molar-refractivity contribution in [3.8, 4) is 0 Å². The van der Waals surface area contributed by atoms with Crippen LogP contribution in [-0.2, 0) is 11.3 Å². The minimum absolute atomic E-state index is 0.0285. The van der Waals surface area contributed by atoms with E-state index in [1.807, 2.05) is 18.0 Å². The summed E-state index contributed by atoms with van der Waals surface area (Å²) in [5.74, 6) is 1.86. The number of aromatic nitrogens is 1. The molecule has 1 atom stereocenters. The van der Waals surface area contributed by atoms with E-state index in [9.17, 15) is 4.79 Å². The van der Waals surface area contributed by atoms with E-state index in [0.29, 0.717) is 26.2 Å². The molecule has 2 aliphatic rings. The molecule has 1 aromatic heterocycles. The van der Waals surface area contributed by atoms with Gasteiger partial charge in [0.1, 0.15) is 5.82 Å². The fourth-order valence-electron chi connectivity index (χ4n) is 3.24. The van der Waals surface area contributed by atoms with E-state index in [1.54, 1.807) is 0 Å². The SMILES string of the molecule is CC1CCN(c2ccc(CNC(=O)N3CCOC(C)C3)cn2)CC1. The van der Waals surface area contributed by atoms with Gasteiger partial charge in [-0.15, -0.1) is 0 Å². The van der Waals surface area contributed by atoms with Crippen LogP contribution >= 0.6 is 0 Å². The fourth-order valence-corrected chi connectivity index (χ4v) is 3.24. The number of ether oxygens (including phenoxy) is 1. The molecule has 1 aromatic rings. The maximum atomic E-state index is 12.2. The van der Waals surface area contributed by atoms with Crippen LogP contribution in [0, 0.1) is 5.92 Å². The van der Waals surface area contributed by atoms with Crippen LogP contribution in [0.2, 0.25) is 0 Å². The topological polar surface area (TPSA) is 57.7 Å². The monoisotopic (exact) mass is 332 g/mol. The molecule has 1 N–H and O–H groups in total. The molecule has 0 aliphatic carbocycles. The Morgan fingerprint density at radius 2 is 2.08 bits per heavy atom. The zero-order valence-corrected chi connectivity index (χ0v) is 14.7. The number of urea groups is 1. The van der Waals surface area contributed by atoms with E-state index in [1.165, 1.54) is 12.8 Å². The molecular formula is C18H28N4O2. The zero-order valence-electron chi connectivity index (χ0n) is 14.7. The Morgan fingerprint density at radius 3 is 2.75 bits per heavy atom. The van der Waals surface area contributed by atoms with E-state index in [0.717, 1.165) is 30.4 Å². The highest BCUT2D eigenvalue weighted by atomic mass is 16.5. The smallest absolute Gasteiger partial charge is 0.317 e. The molecule has 24 heavy (non-hydrogen) atoms. The molecule has 2 amide bonds. The molecule has 0 saturated carbocycles. The number of amides is 2. The minimum atomic E-state index is -0.0285. The maximum Gasteiger partial charge on any atom is 0.317 e. The Balaban J connectivity index is 1.48. The molecule has 2 aliphatic heterocycles. The molecular weight excluding hydrogens is 304 g/mol. The van der Waals surface area contributed by atoms with Crippen LogP contribution in [0.5, 0.6) is 0 Å². The van der Waals surface area contributed by atoms with Gasteiger partial charge in [0.25, 0.3) is 0 Å². The molecule has 0 spiro atoms. The Labute approximate surface area is 144 Å². The molecule has 3 rings (SSSR count). The van der Waals surface area contributed by atoms with Crippen molar-refractivity contribution in [2.24, 2.45) is 5.92 Å². The average Bonchev–Trinajstić information content (AvgIpc) is 2.61. The highest BCUT2D eigenvalue weighted by Crippen LogP contribution is 2.21. The first-order valence-electron chi connectivity index (χ1n) is 8.96. The third-order valence-electron chi connectivity index (χ3n) is 4.89. The first kappa shape index (κ1) is 17.0. The highest BCUT2D eigenvalue weighted by Gasteiger charge is 2.21. The summed E-state index contributed by atoms with van der Waals surface area (Å²) in [6, 6.07) is 4.09. The Bertz CT molecular complexity index is 540. The summed E-state index contributed by atoms with van der Waals surface area (Å²) >= 11 is 0. The second-order valence-electron chi connectivity index (χ2n) is 6.98. The van der Waals surface area contributed by atoms with Gasteiger partial charge >= 0.3 is 6.03 Å². The number of pyridine rings is 1. The standard InChI is InChI=1S/C18H28N4O2/c1-14-5-7-21(8-6-14)17-4-3-16(11-19-17)12-20-18(23)22-9-10-24-15(2)13-22/h3-4,11,14-15H,5-10,12-13H2,1-2H3,(H,20,23). The van der Waals surface area contributed by atoms with E-state index < -0.39 is 0 Å². The molecule has 0 radical (unpaired) electrons. The second kappa shape index (κ2) is 7.83. The van der Waals surface area contributed by atoms with Crippen LogP contribution in [-0.4, -0.2) is 54.8 Å². The van der Waals surface area contributed by atoms with Crippen molar-refractivity contribution in [2.75, 3.05) is 37.7 Å². The van der Waals surface area contributed by atoms with Gasteiger partial charge in [-0.2, -0.15) is 0 Å². The number of carbonyl (C=O) groups excluding carboxylic acids is 1. The molecule has 6 heteroatoms. The number of anilines is 1. The summed E-state index contributed by atoms with van der Waals surface area (Å²) in [5, 5.41) is 2.97. The van der Waals surface area contributed by atoms with Gasteiger partial charge in [-0.3, -0.25) is 0 Å². The predicted octanol–water partition coefficient (Wildman–Crippen LogP) is 2.25. The summed E-state index contributed by atoms with van der Waals surface area (Å²) in [6.07, 6.45) is 4.45. The first-order valence-corrected chi connectivity index (χ1v) is 8.96. The lowest BCUT2D eigenvalue weighted by atomic mass is 9.99. The van der Waals surface area contributed by atoms with Gasteiger partial charge in [0.05, 0.1) is 12.7 Å². The van der Waals surface area contributed by atoms with Gasteiger partial charge in [-0.25, -0.2) is 9.78 Å². The average molecular weight is 332 g/mol. The molecule has 0 aromatic carbocycles. The summed E-state index contributed by atoms with van der Waals surface area (Å²) < 4.78 is 5.46. The van der Waals surface area contributed by atoms with E-state index in [2.05, 4.69) is 34.3 Å². The van der Waals surface area contributed by atoms with Gasteiger partial charge in [-0.1, -0.05) is 13.0 Å². The summed E-state index contributed by atoms with van der Waals surface area (Å²) in [4.78, 5) is 20.9. The van der Waals surface area contributed by atoms with E-state index in [-0.39, 0.29) is 12.1 Å². The van der Waals surface area contributed by atoms with Crippen LogP contribution in [0.25, 0.3) is 0 Å². The zero-order chi connectivity index (χ0) is 16.9. The lowest BCUT2D eigenvalue weighted by Crippen LogP contribution is -2.48. The number of hydrogen-bond donors (Lipinski definition) is 1. The second-order valence-corrected chi connectivity index (χ2v) is 6.98. The minimum Gasteiger partial charge on any atom is -0.375 e. The van der Waals surface area contributed by atoms with Crippen LogP contribution in [0.1, 0.15) is 32.3 Å².